The highest BCUT2D eigenvalue weighted by atomic mass is 16.7. The molecule has 1 aromatic heterocycles. The highest BCUT2D eigenvalue weighted by Crippen LogP contribution is 2.33. The van der Waals surface area contributed by atoms with E-state index >= 15 is 0 Å². The minimum absolute atomic E-state index is 0.121. The fraction of sp³-hybridized carbons (Fsp3) is 0.185. The van der Waals surface area contributed by atoms with Gasteiger partial charge in [0.1, 0.15) is 5.75 Å². The van der Waals surface area contributed by atoms with Gasteiger partial charge in [0.2, 0.25) is 6.79 Å². The van der Waals surface area contributed by atoms with Crippen molar-refractivity contribution in [2.45, 2.75) is 20.0 Å². The molecule has 3 aromatic carbocycles. The maximum Gasteiger partial charge on any atom is 0.322 e. The van der Waals surface area contributed by atoms with Crippen LogP contribution >= 0.6 is 0 Å². The molecular weight excluding hydrogens is 446 g/mol. The Bertz CT molecular complexity index is 1450. The van der Waals surface area contributed by atoms with Gasteiger partial charge in [-0.3, -0.25) is 4.79 Å². The summed E-state index contributed by atoms with van der Waals surface area (Å²) >= 11 is 0. The van der Waals surface area contributed by atoms with Gasteiger partial charge in [-0.2, -0.15) is 0 Å². The SMILES string of the molecule is COc1ccc(NC(=O)N(Cc2ccc3c(c2)OCO3)Cc2cc3cc(C)ccc3[nH]c2=O)cc1. The van der Waals surface area contributed by atoms with Gasteiger partial charge in [0.15, 0.2) is 11.5 Å². The molecule has 0 unspecified atom stereocenters. The molecule has 8 heteroatoms. The first-order valence-electron chi connectivity index (χ1n) is 11.2. The number of aryl methyl sites for hydroxylation is 1. The van der Waals surface area contributed by atoms with Crippen LogP contribution in [0.25, 0.3) is 10.9 Å². The second-order valence-electron chi connectivity index (χ2n) is 8.42. The number of benzene rings is 3. The summed E-state index contributed by atoms with van der Waals surface area (Å²) in [6.07, 6.45) is 0. The lowest BCUT2D eigenvalue weighted by Gasteiger charge is -2.23. The molecule has 4 aromatic rings. The number of methoxy groups -OCH3 is 1. The van der Waals surface area contributed by atoms with Crippen molar-refractivity contribution in [3.63, 3.8) is 0 Å². The Morgan fingerprint density at radius 1 is 1.00 bits per heavy atom. The first-order chi connectivity index (χ1) is 17.0. The van der Waals surface area contributed by atoms with Crippen LogP contribution in [0.5, 0.6) is 17.2 Å². The number of ether oxygens (including phenoxy) is 3. The van der Waals surface area contributed by atoms with Gasteiger partial charge in [0.05, 0.1) is 13.7 Å². The molecule has 0 spiro atoms. The fourth-order valence-corrected chi connectivity index (χ4v) is 4.03. The van der Waals surface area contributed by atoms with E-state index in [1.165, 1.54) is 0 Å². The molecule has 5 rings (SSSR count). The zero-order chi connectivity index (χ0) is 24.4. The van der Waals surface area contributed by atoms with E-state index in [0.29, 0.717) is 28.5 Å². The summed E-state index contributed by atoms with van der Waals surface area (Å²) in [5.41, 5.74) is 3.59. The number of hydrogen-bond acceptors (Lipinski definition) is 5. The van der Waals surface area contributed by atoms with Crippen molar-refractivity contribution >= 4 is 22.6 Å². The lowest BCUT2D eigenvalue weighted by molar-refractivity contribution is 0.174. The largest absolute Gasteiger partial charge is 0.497 e. The fourth-order valence-electron chi connectivity index (χ4n) is 4.03. The van der Waals surface area contributed by atoms with Gasteiger partial charge in [0.25, 0.3) is 5.56 Å². The van der Waals surface area contributed by atoms with Gasteiger partial charge in [-0.15, -0.1) is 0 Å². The summed E-state index contributed by atoms with van der Waals surface area (Å²) in [7, 11) is 1.59. The Hall–Kier alpha value is -4.46. The van der Waals surface area contributed by atoms with E-state index in [1.807, 2.05) is 49.4 Å². The van der Waals surface area contributed by atoms with E-state index < -0.39 is 0 Å². The van der Waals surface area contributed by atoms with E-state index in [1.54, 1.807) is 36.3 Å². The summed E-state index contributed by atoms with van der Waals surface area (Å²) in [4.78, 5) is 30.7. The van der Waals surface area contributed by atoms with E-state index in [-0.39, 0.29) is 31.5 Å². The molecule has 0 radical (unpaired) electrons. The van der Waals surface area contributed by atoms with Gasteiger partial charge in [0, 0.05) is 23.3 Å². The number of anilines is 1. The third-order valence-corrected chi connectivity index (χ3v) is 5.88. The first kappa shape index (κ1) is 22.3. The van der Waals surface area contributed by atoms with Crippen molar-refractivity contribution in [2.75, 3.05) is 19.2 Å². The molecule has 1 aliphatic heterocycles. The molecule has 2 heterocycles. The average molecular weight is 472 g/mol. The quantitative estimate of drug-likeness (QED) is 0.421. The Kier molecular flexibility index (Phi) is 6.01. The van der Waals surface area contributed by atoms with Crippen molar-refractivity contribution in [3.8, 4) is 17.2 Å². The molecule has 0 saturated heterocycles. The number of urea groups is 1. The van der Waals surface area contributed by atoms with Gasteiger partial charge in [-0.05, 0) is 72.5 Å². The molecule has 178 valence electrons. The van der Waals surface area contributed by atoms with E-state index in [4.69, 9.17) is 14.2 Å². The van der Waals surface area contributed by atoms with Crippen molar-refractivity contribution in [3.05, 3.63) is 93.8 Å². The molecule has 0 fully saturated rings. The molecule has 8 nitrogen and oxygen atoms in total. The monoisotopic (exact) mass is 471 g/mol. The Morgan fingerprint density at radius 2 is 1.80 bits per heavy atom. The van der Waals surface area contributed by atoms with Crippen LogP contribution < -0.4 is 25.1 Å². The number of amides is 2. The normalized spacial score (nSPS) is 11.9. The average Bonchev–Trinajstić information content (AvgIpc) is 3.32. The van der Waals surface area contributed by atoms with Crippen LogP contribution in [-0.2, 0) is 13.1 Å². The summed E-state index contributed by atoms with van der Waals surface area (Å²) in [6.45, 7) is 2.56. The van der Waals surface area contributed by atoms with Crippen molar-refractivity contribution in [2.24, 2.45) is 0 Å². The number of nitrogens with zero attached hydrogens (tertiary/aromatic N) is 1. The predicted octanol–water partition coefficient (Wildman–Crippen LogP) is 4.81. The number of fused-ring (bicyclic) bond motifs is 2. The maximum atomic E-state index is 13.4. The number of pyridine rings is 1. The predicted molar refractivity (Wildman–Crippen MR) is 133 cm³/mol. The Balaban J connectivity index is 1.45. The molecule has 0 aliphatic carbocycles. The summed E-state index contributed by atoms with van der Waals surface area (Å²) < 4.78 is 16.1. The minimum atomic E-state index is -0.337. The summed E-state index contributed by atoms with van der Waals surface area (Å²) in [5.74, 6) is 2.00. The van der Waals surface area contributed by atoms with Crippen molar-refractivity contribution < 1.29 is 19.0 Å². The first-order valence-corrected chi connectivity index (χ1v) is 11.2. The van der Waals surface area contributed by atoms with Crippen LogP contribution in [0.1, 0.15) is 16.7 Å². The molecule has 2 amide bonds. The highest BCUT2D eigenvalue weighted by molar-refractivity contribution is 5.89. The van der Waals surface area contributed by atoms with E-state index in [0.717, 1.165) is 22.0 Å². The van der Waals surface area contributed by atoms with E-state index in [9.17, 15) is 9.59 Å². The molecule has 0 saturated carbocycles. The smallest absolute Gasteiger partial charge is 0.322 e. The number of aromatic amines is 1. The number of rotatable bonds is 6. The lowest BCUT2D eigenvalue weighted by Crippen LogP contribution is -2.35. The number of carbonyl (C=O) groups excluding carboxylic acids is 1. The molecular formula is C27H25N3O5. The molecule has 1 aliphatic rings. The van der Waals surface area contributed by atoms with Gasteiger partial charge in [-0.1, -0.05) is 17.7 Å². The zero-order valence-corrected chi connectivity index (χ0v) is 19.5. The third kappa shape index (κ3) is 4.91. The van der Waals surface area contributed by atoms with Crippen LogP contribution in [0, 0.1) is 6.92 Å². The van der Waals surface area contributed by atoms with E-state index in [2.05, 4.69) is 10.3 Å². The topological polar surface area (TPSA) is 92.9 Å². The van der Waals surface area contributed by atoms with Gasteiger partial charge in [-0.25, -0.2) is 4.79 Å². The van der Waals surface area contributed by atoms with Crippen LogP contribution in [0.2, 0.25) is 0 Å². The molecule has 2 N–H and O–H groups in total. The highest BCUT2D eigenvalue weighted by Gasteiger charge is 2.20. The number of carbonyl (C=O) groups is 1. The van der Waals surface area contributed by atoms with Crippen molar-refractivity contribution in [1.29, 1.82) is 0 Å². The number of H-pyrrole nitrogens is 1. The van der Waals surface area contributed by atoms with Crippen LogP contribution in [0.3, 0.4) is 0 Å². The lowest BCUT2D eigenvalue weighted by atomic mass is 10.1. The van der Waals surface area contributed by atoms with Gasteiger partial charge >= 0.3 is 6.03 Å². The third-order valence-electron chi connectivity index (χ3n) is 5.88. The van der Waals surface area contributed by atoms with Crippen LogP contribution in [0.15, 0.2) is 71.5 Å². The Morgan fingerprint density at radius 3 is 2.60 bits per heavy atom. The molecule has 0 atom stereocenters. The minimum Gasteiger partial charge on any atom is -0.497 e. The van der Waals surface area contributed by atoms with Gasteiger partial charge < -0.3 is 29.4 Å². The number of nitrogens with one attached hydrogen (secondary N) is 2. The second-order valence-corrected chi connectivity index (χ2v) is 8.42. The second kappa shape index (κ2) is 9.42. The summed E-state index contributed by atoms with van der Waals surface area (Å²) in [5, 5.41) is 3.83. The summed E-state index contributed by atoms with van der Waals surface area (Å²) in [6, 6.07) is 20.0. The van der Waals surface area contributed by atoms with Crippen LogP contribution in [0.4, 0.5) is 10.5 Å². The standard InChI is InChI=1S/C27H25N3O5/c1-17-3-9-23-19(11-17)13-20(26(31)29-23)15-30(14-18-4-10-24-25(12-18)35-16-34-24)27(32)28-21-5-7-22(33-2)8-6-21/h3-13H,14-16H2,1-2H3,(H,28,32)(H,29,31). The molecule has 0 bridgehead atoms. The molecule has 35 heavy (non-hydrogen) atoms. The van der Waals surface area contributed by atoms with Crippen LogP contribution in [-0.4, -0.2) is 29.8 Å². The number of hydrogen-bond donors (Lipinski definition) is 2. The zero-order valence-electron chi connectivity index (χ0n) is 19.5. The Labute approximate surface area is 202 Å². The van der Waals surface area contributed by atoms with Crippen molar-refractivity contribution in [1.82, 2.24) is 9.88 Å². The number of aromatic nitrogens is 1. The maximum absolute atomic E-state index is 13.4.